The Kier molecular flexibility index (Phi) is 4.20. The molecule has 5 nitrogen and oxygen atoms in total. The topological polar surface area (TPSA) is 72.2 Å². The van der Waals surface area contributed by atoms with Crippen molar-refractivity contribution in [2.75, 3.05) is 6.54 Å². The Bertz CT molecular complexity index is 441. The van der Waals surface area contributed by atoms with E-state index in [1.165, 1.54) is 12.1 Å². The number of carbonyl (C=O) groups is 1. The van der Waals surface area contributed by atoms with Crippen molar-refractivity contribution in [1.29, 1.82) is 0 Å². The Hall–Kier alpha value is -1.91. The van der Waals surface area contributed by atoms with E-state index < -0.39 is 4.92 Å². The van der Waals surface area contributed by atoms with Crippen LogP contribution in [0.2, 0.25) is 0 Å². The molecule has 1 aromatic rings. The molecule has 0 saturated carbocycles. The minimum atomic E-state index is -0.501. The summed E-state index contributed by atoms with van der Waals surface area (Å²) >= 11 is 0. The van der Waals surface area contributed by atoms with Crippen LogP contribution in [0.15, 0.2) is 18.2 Å². The number of aryl methyl sites for hydroxylation is 1. The summed E-state index contributed by atoms with van der Waals surface area (Å²) in [7, 11) is 0. The Morgan fingerprint density at radius 1 is 1.47 bits per heavy atom. The summed E-state index contributed by atoms with van der Waals surface area (Å²) in [5.41, 5.74) is 1.03. The predicted octanol–water partition coefficient (Wildman–Crippen LogP) is 2.29. The molecule has 0 aliphatic heterocycles. The largest absolute Gasteiger partial charge is 0.352 e. The molecule has 1 rings (SSSR count). The fourth-order valence-corrected chi connectivity index (χ4v) is 1.36. The summed E-state index contributed by atoms with van der Waals surface area (Å²) in [6, 6.07) is 4.29. The molecule has 0 aromatic heterocycles. The second-order valence-electron chi connectivity index (χ2n) is 4.36. The summed E-state index contributed by atoms with van der Waals surface area (Å²) in [6.45, 7) is 6.29. The smallest absolute Gasteiger partial charge is 0.270 e. The summed E-state index contributed by atoms with van der Waals surface area (Å²) < 4.78 is 0. The zero-order valence-electron chi connectivity index (χ0n) is 10.2. The van der Waals surface area contributed by atoms with Crippen LogP contribution in [-0.4, -0.2) is 17.4 Å². The molecule has 0 heterocycles. The monoisotopic (exact) mass is 236 g/mol. The molecule has 1 amide bonds. The lowest BCUT2D eigenvalue weighted by Gasteiger charge is -2.09. The molecule has 0 fully saturated rings. The third-order valence-corrected chi connectivity index (χ3v) is 2.35. The van der Waals surface area contributed by atoms with E-state index in [2.05, 4.69) is 5.32 Å². The van der Waals surface area contributed by atoms with Crippen molar-refractivity contribution in [3.05, 3.63) is 39.4 Å². The quantitative estimate of drug-likeness (QED) is 0.644. The molecule has 0 bridgehead atoms. The van der Waals surface area contributed by atoms with Gasteiger partial charge in [0.15, 0.2) is 0 Å². The third-order valence-electron chi connectivity index (χ3n) is 2.35. The first-order valence-corrected chi connectivity index (χ1v) is 5.45. The number of hydrogen-bond donors (Lipinski definition) is 1. The van der Waals surface area contributed by atoms with Gasteiger partial charge < -0.3 is 5.32 Å². The van der Waals surface area contributed by atoms with Gasteiger partial charge in [-0.1, -0.05) is 19.9 Å². The van der Waals surface area contributed by atoms with Crippen LogP contribution in [0.4, 0.5) is 5.69 Å². The molecule has 92 valence electrons. The van der Waals surface area contributed by atoms with Gasteiger partial charge in [0.25, 0.3) is 11.6 Å². The number of rotatable bonds is 4. The van der Waals surface area contributed by atoms with Crippen LogP contribution >= 0.6 is 0 Å². The van der Waals surface area contributed by atoms with E-state index in [9.17, 15) is 14.9 Å². The number of benzene rings is 1. The van der Waals surface area contributed by atoms with Crippen LogP contribution in [0.3, 0.4) is 0 Å². The lowest BCUT2D eigenvalue weighted by molar-refractivity contribution is -0.384. The number of nitro benzene ring substituents is 1. The lowest BCUT2D eigenvalue weighted by Crippen LogP contribution is -2.27. The fourth-order valence-electron chi connectivity index (χ4n) is 1.36. The van der Waals surface area contributed by atoms with Crippen molar-refractivity contribution >= 4 is 11.6 Å². The first-order valence-electron chi connectivity index (χ1n) is 5.45. The van der Waals surface area contributed by atoms with Crippen LogP contribution in [0.5, 0.6) is 0 Å². The molecule has 0 radical (unpaired) electrons. The number of nitro groups is 1. The first-order chi connectivity index (χ1) is 7.91. The molecule has 0 atom stereocenters. The van der Waals surface area contributed by atoms with Crippen LogP contribution in [-0.2, 0) is 0 Å². The van der Waals surface area contributed by atoms with Crippen molar-refractivity contribution in [2.45, 2.75) is 20.8 Å². The van der Waals surface area contributed by atoms with E-state index in [1.54, 1.807) is 13.0 Å². The Labute approximate surface area is 100.0 Å². The molecule has 0 unspecified atom stereocenters. The number of carbonyl (C=O) groups excluding carboxylic acids is 1. The second-order valence-corrected chi connectivity index (χ2v) is 4.36. The van der Waals surface area contributed by atoms with Crippen LogP contribution in [0, 0.1) is 23.0 Å². The van der Waals surface area contributed by atoms with Gasteiger partial charge in [-0.2, -0.15) is 0 Å². The number of non-ortho nitro benzene ring substituents is 1. The van der Waals surface area contributed by atoms with Crippen molar-refractivity contribution in [3.8, 4) is 0 Å². The molecule has 5 heteroatoms. The van der Waals surface area contributed by atoms with Gasteiger partial charge in [-0.25, -0.2) is 0 Å². The lowest BCUT2D eigenvalue weighted by atomic mass is 10.1. The number of hydrogen-bond acceptors (Lipinski definition) is 3. The van der Waals surface area contributed by atoms with Crippen LogP contribution in [0.1, 0.15) is 29.8 Å². The highest BCUT2D eigenvalue weighted by molar-refractivity contribution is 5.96. The number of amides is 1. The predicted molar refractivity (Wildman–Crippen MR) is 65.0 cm³/mol. The number of nitrogens with one attached hydrogen (secondary N) is 1. The molecule has 17 heavy (non-hydrogen) atoms. The van der Waals surface area contributed by atoms with Crippen LogP contribution in [0.25, 0.3) is 0 Å². The zero-order chi connectivity index (χ0) is 13.0. The van der Waals surface area contributed by atoms with Gasteiger partial charge >= 0.3 is 0 Å². The maximum atomic E-state index is 11.8. The SMILES string of the molecule is Cc1ccc([N+](=O)[O-])cc1C(=O)NCC(C)C. The minimum absolute atomic E-state index is 0.0645. The third kappa shape index (κ3) is 3.55. The van der Waals surface area contributed by atoms with Gasteiger partial charge in [0.1, 0.15) is 0 Å². The van der Waals surface area contributed by atoms with Crippen molar-refractivity contribution < 1.29 is 9.72 Å². The van der Waals surface area contributed by atoms with E-state index in [0.717, 1.165) is 5.56 Å². The van der Waals surface area contributed by atoms with Crippen molar-refractivity contribution in [3.63, 3.8) is 0 Å². The highest BCUT2D eigenvalue weighted by Crippen LogP contribution is 2.17. The van der Waals surface area contributed by atoms with Gasteiger partial charge in [-0.3, -0.25) is 14.9 Å². The summed E-state index contributed by atoms with van der Waals surface area (Å²) in [5, 5.41) is 13.4. The molecular weight excluding hydrogens is 220 g/mol. The minimum Gasteiger partial charge on any atom is -0.352 e. The second kappa shape index (κ2) is 5.43. The summed E-state index contributed by atoms with van der Waals surface area (Å²) in [4.78, 5) is 21.9. The van der Waals surface area contributed by atoms with E-state index >= 15 is 0 Å². The zero-order valence-corrected chi connectivity index (χ0v) is 10.2. The molecule has 1 N–H and O–H groups in total. The normalized spacial score (nSPS) is 10.4. The van der Waals surface area contributed by atoms with Gasteiger partial charge in [-0.15, -0.1) is 0 Å². The van der Waals surface area contributed by atoms with Crippen LogP contribution < -0.4 is 5.32 Å². The van der Waals surface area contributed by atoms with E-state index in [1.807, 2.05) is 13.8 Å². The molecular formula is C12H16N2O3. The summed E-state index contributed by atoms with van der Waals surface area (Å²) in [6.07, 6.45) is 0. The average molecular weight is 236 g/mol. The molecule has 0 saturated heterocycles. The standard InChI is InChI=1S/C12H16N2O3/c1-8(2)7-13-12(15)11-6-10(14(16)17)5-4-9(11)3/h4-6,8H,7H2,1-3H3,(H,13,15). The van der Waals surface area contributed by atoms with E-state index in [0.29, 0.717) is 18.0 Å². The van der Waals surface area contributed by atoms with E-state index in [4.69, 9.17) is 0 Å². The number of nitrogens with zero attached hydrogens (tertiary/aromatic N) is 1. The maximum absolute atomic E-state index is 11.8. The molecule has 0 aliphatic rings. The Balaban J connectivity index is 2.92. The molecule has 0 spiro atoms. The first kappa shape index (κ1) is 13.2. The Morgan fingerprint density at radius 3 is 2.65 bits per heavy atom. The van der Waals surface area contributed by atoms with Crippen molar-refractivity contribution in [2.24, 2.45) is 5.92 Å². The van der Waals surface area contributed by atoms with Gasteiger partial charge in [0.2, 0.25) is 0 Å². The fraction of sp³-hybridized carbons (Fsp3) is 0.417. The highest BCUT2D eigenvalue weighted by Gasteiger charge is 2.14. The highest BCUT2D eigenvalue weighted by atomic mass is 16.6. The van der Waals surface area contributed by atoms with Gasteiger partial charge in [0, 0.05) is 24.2 Å². The van der Waals surface area contributed by atoms with Gasteiger partial charge in [-0.05, 0) is 18.4 Å². The summed E-state index contributed by atoms with van der Waals surface area (Å²) in [5.74, 6) is 0.0813. The van der Waals surface area contributed by atoms with E-state index in [-0.39, 0.29) is 11.6 Å². The Morgan fingerprint density at radius 2 is 2.12 bits per heavy atom. The molecule has 0 aliphatic carbocycles. The van der Waals surface area contributed by atoms with Gasteiger partial charge in [0.05, 0.1) is 4.92 Å². The maximum Gasteiger partial charge on any atom is 0.270 e. The van der Waals surface area contributed by atoms with Crippen molar-refractivity contribution in [1.82, 2.24) is 5.32 Å². The average Bonchev–Trinajstić information content (AvgIpc) is 2.26. The molecule has 1 aromatic carbocycles.